The Kier molecular flexibility index (Phi) is 4.87. The molecule has 1 aromatic heterocycles. The standard InChI is InChI=1S/C11H16BrClN2/c1-4-8(2)7-15(3)11-10(13)5-9(12)6-14-11/h5-6,8H,4,7H2,1-3H3. The number of pyridine rings is 1. The highest BCUT2D eigenvalue weighted by atomic mass is 79.9. The van der Waals surface area contributed by atoms with Gasteiger partial charge in [-0.15, -0.1) is 0 Å². The van der Waals surface area contributed by atoms with Crippen LogP contribution in [0.5, 0.6) is 0 Å². The van der Waals surface area contributed by atoms with Gasteiger partial charge in [0.25, 0.3) is 0 Å². The fourth-order valence-corrected chi connectivity index (χ4v) is 2.15. The van der Waals surface area contributed by atoms with Crippen LogP contribution in [-0.4, -0.2) is 18.6 Å². The summed E-state index contributed by atoms with van der Waals surface area (Å²) >= 11 is 9.46. The van der Waals surface area contributed by atoms with Crippen LogP contribution in [0.15, 0.2) is 16.7 Å². The van der Waals surface area contributed by atoms with Gasteiger partial charge in [-0.25, -0.2) is 4.98 Å². The van der Waals surface area contributed by atoms with Crippen molar-refractivity contribution in [3.05, 3.63) is 21.8 Å². The molecule has 0 N–H and O–H groups in total. The van der Waals surface area contributed by atoms with E-state index in [2.05, 4.69) is 39.7 Å². The van der Waals surface area contributed by atoms with E-state index in [1.165, 1.54) is 6.42 Å². The second kappa shape index (κ2) is 5.71. The van der Waals surface area contributed by atoms with Gasteiger partial charge in [0.05, 0.1) is 5.02 Å². The lowest BCUT2D eigenvalue weighted by Gasteiger charge is -2.22. The molecular formula is C11H16BrClN2. The van der Waals surface area contributed by atoms with Crippen LogP contribution in [0.1, 0.15) is 20.3 Å². The largest absolute Gasteiger partial charge is 0.358 e. The van der Waals surface area contributed by atoms with Crippen molar-refractivity contribution in [2.45, 2.75) is 20.3 Å². The van der Waals surface area contributed by atoms with Crippen LogP contribution in [0.4, 0.5) is 5.82 Å². The minimum Gasteiger partial charge on any atom is -0.358 e. The molecule has 0 amide bonds. The molecule has 1 rings (SSSR count). The maximum Gasteiger partial charge on any atom is 0.147 e. The van der Waals surface area contributed by atoms with E-state index in [0.717, 1.165) is 16.8 Å². The molecule has 84 valence electrons. The predicted octanol–water partition coefficient (Wildman–Crippen LogP) is 3.98. The molecule has 0 saturated carbocycles. The van der Waals surface area contributed by atoms with Crippen LogP contribution in [0.25, 0.3) is 0 Å². The number of nitrogens with zero attached hydrogens (tertiary/aromatic N) is 2. The van der Waals surface area contributed by atoms with Gasteiger partial charge in [-0.3, -0.25) is 0 Å². The van der Waals surface area contributed by atoms with Crippen molar-refractivity contribution in [3.63, 3.8) is 0 Å². The number of halogens is 2. The van der Waals surface area contributed by atoms with Gasteiger partial charge in [0.1, 0.15) is 5.82 Å². The third-order valence-electron chi connectivity index (χ3n) is 2.43. The number of rotatable bonds is 4. The van der Waals surface area contributed by atoms with Crippen LogP contribution in [0.3, 0.4) is 0 Å². The molecule has 0 radical (unpaired) electrons. The van der Waals surface area contributed by atoms with E-state index >= 15 is 0 Å². The lowest BCUT2D eigenvalue weighted by molar-refractivity contribution is 0.558. The molecule has 0 fully saturated rings. The Morgan fingerprint density at radius 2 is 2.27 bits per heavy atom. The fourth-order valence-electron chi connectivity index (χ4n) is 1.37. The van der Waals surface area contributed by atoms with Crippen molar-refractivity contribution in [3.8, 4) is 0 Å². The van der Waals surface area contributed by atoms with Gasteiger partial charge in [-0.2, -0.15) is 0 Å². The Hall–Kier alpha value is -0.280. The van der Waals surface area contributed by atoms with Gasteiger partial charge in [-0.1, -0.05) is 31.9 Å². The number of aromatic nitrogens is 1. The summed E-state index contributed by atoms with van der Waals surface area (Å²) in [6.07, 6.45) is 2.94. The molecule has 0 aliphatic rings. The molecule has 0 saturated heterocycles. The van der Waals surface area contributed by atoms with Crippen LogP contribution in [0, 0.1) is 5.92 Å². The maximum atomic E-state index is 6.12. The zero-order chi connectivity index (χ0) is 11.4. The minimum atomic E-state index is 0.650. The SMILES string of the molecule is CCC(C)CN(C)c1ncc(Br)cc1Cl. The molecule has 15 heavy (non-hydrogen) atoms. The summed E-state index contributed by atoms with van der Waals surface area (Å²) in [5, 5.41) is 0.690. The highest BCUT2D eigenvalue weighted by molar-refractivity contribution is 9.10. The average molecular weight is 292 g/mol. The second-order valence-corrected chi connectivity index (χ2v) is 5.18. The zero-order valence-electron chi connectivity index (χ0n) is 9.30. The molecule has 0 aliphatic heterocycles. The van der Waals surface area contributed by atoms with E-state index in [4.69, 9.17) is 11.6 Å². The highest BCUT2D eigenvalue weighted by Crippen LogP contribution is 2.25. The van der Waals surface area contributed by atoms with Crippen molar-refractivity contribution in [2.24, 2.45) is 5.92 Å². The van der Waals surface area contributed by atoms with Gasteiger partial charge in [0.15, 0.2) is 0 Å². The third kappa shape index (κ3) is 3.65. The van der Waals surface area contributed by atoms with Crippen molar-refractivity contribution >= 4 is 33.3 Å². The first-order chi connectivity index (χ1) is 7.04. The van der Waals surface area contributed by atoms with E-state index < -0.39 is 0 Å². The molecule has 0 bridgehead atoms. The number of anilines is 1. The molecule has 0 aliphatic carbocycles. The predicted molar refractivity (Wildman–Crippen MR) is 69.7 cm³/mol. The second-order valence-electron chi connectivity index (χ2n) is 3.85. The van der Waals surface area contributed by atoms with Gasteiger partial charge in [0.2, 0.25) is 0 Å². The minimum absolute atomic E-state index is 0.650. The summed E-state index contributed by atoms with van der Waals surface area (Å²) in [6, 6.07) is 1.87. The highest BCUT2D eigenvalue weighted by Gasteiger charge is 2.10. The Morgan fingerprint density at radius 1 is 1.60 bits per heavy atom. The van der Waals surface area contributed by atoms with E-state index in [1.807, 2.05) is 13.1 Å². The van der Waals surface area contributed by atoms with Gasteiger partial charge < -0.3 is 4.90 Å². The molecular weight excluding hydrogens is 275 g/mol. The molecule has 1 unspecified atom stereocenters. The molecule has 4 heteroatoms. The average Bonchev–Trinajstić information content (AvgIpc) is 2.17. The Morgan fingerprint density at radius 3 is 2.80 bits per heavy atom. The topological polar surface area (TPSA) is 16.1 Å². The van der Waals surface area contributed by atoms with E-state index in [-0.39, 0.29) is 0 Å². The molecule has 1 atom stereocenters. The Bertz CT molecular complexity index is 330. The quantitative estimate of drug-likeness (QED) is 0.834. The summed E-state index contributed by atoms with van der Waals surface area (Å²) in [5.41, 5.74) is 0. The lowest BCUT2D eigenvalue weighted by atomic mass is 10.1. The molecule has 0 aromatic carbocycles. The van der Waals surface area contributed by atoms with Gasteiger partial charge >= 0.3 is 0 Å². The number of hydrogen-bond donors (Lipinski definition) is 0. The summed E-state index contributed by atoms with van der Waals surface area (Å²) in [6.45, 7) is 5.39. The molecule has 2 nitrogen and oxygen atoms in total. The first-order valence-electron chi connectivity index (χ1n) is 5.06. The van der Waals surface area contributed by atoms with E-state index in [1.54, 1.807) is 6.20 Å². The lowest BCUT2D eigenvalue weighted by Crippen LogP contribution is -2.24. The van der Waals surface area contributed by atoms with Crippen molar-refractivity contribution in [1.29, 1.82) is 0 Å². The first kappa shape index (κ1) is 12.8. The van der Waals surface area contributed by atoms with Crippen LogP contribution in [0.2, 0.25) is 5.02 Å². The Labute approximate surface area is 105 Å². The smallest absolute Gasteiger partial charge is 0.147 e. The summed E-state index contributed by atoms with van der Waals surface area (Å²) < 4.78 is 0.910. The summed E-state index contributed by atoms with van der Waals surface area (Å²) in [7, 11) is 2.02. The fraction of sp³-hybridized carbons (Fsp3) is 0.545. The number of hydrogen-bond acceptors (Lipinski definition) is 2. The van der Waals surface area contributed by atoms with Gasteiger partial charge in [0, 0.05) is 24.3 Å². The molecule has 1 aromatic rings. The summed E-state index contributed by atoms with van der Waals surface area (Å²) in [4.78, 5) is 6.41. The van der Waals surface area contributed by atoms with Crippen LogP contribution in [-0.2, 0) is 0 Å². The van der Waals surface area contributed by atoms with Crippen LogP contribution < -0.4 is 4.90 Å². The van der Waals surface area contributed by atoms with Crippen molar-refractivity contribution < 1.29 is 0 Å². The summed E-state index contributed by atoms with van der Waals surface area (Å²) in [5.74, 6) is 1.50. The third-order valence-corrected chi connectivity index (χ3v) is 3.14. The molecule has 0 spiro atoms. The zero-order valence-corrected chi connectivity index (χ0v) is 11.6. The van der Waals surface area contributed by atoms with Crippen molar-refractivity contribution in [1.82, 2.24) is 4.98 Å². The van der Waals surface area contributed by atoms with E-state index in [9.17, 15) is 0 Å². The monoisotopic (exact) mass is 290 g/mol. The molecule has 1 heterocycles. The van der Waals surface area contributed by atoms with E-state index in [0.29, 0.717) is 10.9 Å². The van der Waals surface area contributed by atoms with Crippen LogP contribution >= 0.6 is 27.5 Å². The Balaban J connectivity index is 2.77. The first-order valence-corrected chi connectivity index (χ1v) is 6.23. The maximum absolute atomic E-state index is 6.12. The van der Waals surface area contributed by atoms with Crippen molar-refractivity contribution in [2.75, 3.05) is 18.5 Å². The van der Waals surface area contributed by atoms with Gasteiger partial charge in [-0.05, 0) is 27.9 Å². The normalized spacial score (nSPS) is 12.6.